The van der Waals surface area contributed by atoms with Crippen LogP contribution in [0.5, 0.6) is 5.75 Å². The van der Waals surface area contributed by atoms with Gasteiger partial charge in [-0.05, 0) is 66.6 Å². The molecule has 3 aromatic carbocycles. The topological polar surface area (TPSA) is 78.9 Å². The van der Waals surface area contributed by atoms with Gasteiger partial charge >= 0.3 is 5.97 Å². The summed E-state index contributed by atoms with van der Waals surface area (Å²) in [6.45, 7) is 0.510. The van der Waals surface area contributed by atoms with Gasteiger partial charge in [-0.2, -0.15) is 0 Å². The average molecular weight is 445 g/mol. The van der Waals surface area contributed by atoms with E-state index in [2.05, 4.69) is 11.4 Å². The highest BCUT2D eigenvalue weighted by atomic mass is 16.5. The zero-order chi connectivity index (χ0) is 23.0. The molecular weight excluding hydrogens is 416 g/mol. The lowest BCUT2D eigenvalue weighted by molar-refractivity contribution is -0.139. The van der Waals surface area contributed by atoms with Crippen molar-refractivity contribution < 1.29 is 19.4 Å². The summed E-state index contributed by atoms with van der Waals surface area (Å²) in [5.74, 6) is -0.0204. The van der Waals surface area contributed by atoms with E-state index >= 15 is 0 Å². The van der Waals surface area contributed by atoms with Crippen LogP contribution in [0.25, 0.3) is 0 Å². The van der Waals surface area contributed by atoms with E-state index in [1.165, 1.54) is 5.56 Å². The van der Waals surface area contributed by atoms with E-state index in [9.17, 15) is 9.59 Å². The summed E-state index contributed by atoms with van der Waals surface area (Å²) in [4.78, 5) is 25.7. The zero-order valence-electron chi connectivity index (χ0n) is 18.4. The lowest BCUT2D eigenvalue weighted by atomic mass is 9.83. The van der Waals surface area contributed by atoms with Crippen LogP contribution in [0.2, 0.25) is 0 Å². The monoisotopic (exact) mass is 444 g/mol. The third-order valence-corrected chi connectivity index (χ3v) is 5.92. The Hall–Kier alpha value is -3.80. The summed E-state index contributed by atoms with van der Waals surface area (Å²) < 4.78 is 5.45. The molecule has 1 atom stereocenters. The highest BCUT2D eigenvalue weighted by molar-refractivity contribution is 5.84. The van der Waals surface area contributed by atoms with Gasteiger partial charge in [-0.3, -0.25) is 4.79 Å². The Morgan fingerprint density at radius 1 is 0.939 bits per heavy atom. The van der Waals surface area contributed by atoms with Gasteiger partial charge < -0.3 is 20.1 Å². The molecule has 0 heterocycles. The van der Waals surface area contributed by atoms with Crippen LogP contribution in [0.4, 0.5) is 11.4 Å². The molecule has 0 aromatic heterocycles. The van der Waals surface area contributed by atoms with Crippen LogP contribution < -0.4 is 15.0 Å². The molecule has 0 spiro atoms. The fourth-order valence-corrected chi connectivity index (χ4v) is 4.30. The third-order valence-electron chi connectivity index (χ3n) is 5.92. The number of carbonyl (C=O) groups is 2. The molecule has 33 heavy (non-hydrogen) atoms. The predicted octanol–water partition coefficient (Wildman–Crippen LogP) is 4.21. The van der Waals surface area contributed by atoms with E-state index in [-0.39, 0.29) is 19.1 Å². The van der Waals surface area contributed by atoms with E-state index < -0.39 is 5.97 Å². The first-order chi connectivity index (χ1) is 16.1. The second kappa shape index (κ2) is 10.7. The SMILES string of the molecule is O=C(O)COc1cccc2c1CCC(CNC(=O)CN(c1ccccc1)c1ccccc1)C2. The molecule has 170 valence electrons. The Bertz CT molecular complexity index is 1050. The van der Waals surface area contributed by atoms with Gasteiger partial charge in [-0.15, -0.1) is 0 Å². The third kappa shape index (κ3) is 5.92. The van der Waals surface area contributed by atoms with Gasteiger partial charge in [0.25, 0.3) is 0 Å². The Labute approximate surface area is 193 Å². The minimum Gasteiger partial charge on any atom is -0.482 e. The van der Waals surface area contributed by atoms with E-state index in [1.54, 1.807) is 0 Å². The maximum absolute atomic E-state index is 12.9. The minimum absolute atomic E-state index is 0.0213. The molecule has 1 aliphatic rings. The molecule has 0 saturated heterocycles. The number of fused-ring (bicyclic) bond motifs is 1. The number of carboxylic acids is 1. The fraction of sp³-hybridized carbons (Fsp3) is 0.259. The van der Waals surface area contributed by atoms with Crippen LogP contribution >= 0.6 is 0 Å². The van der Waals surface area contributed by atoms with Crippen LogP contribution in [0.3, 0.4) is 0 Å². The molecule has 6 nitrogen and oxygen atoms in total. The number of benzene rings is 3. The molecule has 2 N–H and O–H groups in total. The molecule has 3 aromatic rings. The summed E-state index contributed by atoms with van der Waals surface area (Å²) in [5.41, 5.74) is 4.19. The van der Waals surface area contributed by atoms with Crippen LogP contribution in [-0.2, 0) is 22.4 Å². The first-order valence-electron chi connectivity index (χ1n) is 11.2. The lowest BCUT2D eigenvalue weighted by Crippen LogP contribution is -2.38. The van der Waals surface area contributed by atoms with E-state index in [1.807, 2.05) is 77.7 Å². The number of carboxylic acid groups (broad SMARTS) is 1. The molecule has 0 aliphatic heterocycles. The quantitative estimate of drug-likeness (QED) is 0.517. The molecule has 1 aliphatic carbocycles. The standard InChI is InChI=1S/C27H28N2O4/c30-26(18-29(22-9-3-1-4-10-22)23-11-5-2-6-12-23)28-17-20-14-15-24-21(16-20)8-7-13-25(24)33-19-27(31)32/h1-13,20H,14-19H2,(H,28,30)(H,31,32). The molecule has 6 heteroatoms. The lowest BCUT2D eigenvalue weighted by Gasteiger charge is -2.27. The average Bonchev–Trinajstić information content (AvgIpc) is 2.85. The first kappa shape index (κ1) is 22.4. The number of ether oxygens (including phenoxy) is 1. The highest BCUT2D eigenvalue weighted by Crippen LogP contribution is 2.32. The largest absolute Gasteiger partial charge is 0.482 e. The number of rotatable bonds is 9. The van der Waals surface area contributed by atoms with Crippen LogP contribution in [-0.4, -0.2) is 36.7 Å². The number of amides is 1. The van der Waals surface area contributed by atoms with Crippen molar-refractivity contribution in [1.82, 2.24) is 5.32 Å². The number of para-hydroxylation sites is 2. The van der Waals surface area contributed by atoms with Gasteiger partial charge in [0, 0.05) is 17.9 Å². The van der Waals surface area contributed by atoms with Gasteiger partial charge in [0.05, 0.1) is 0 Å². The first-order valence-corrected chi connectivity index (χ1v) is 11.2. The zero-order valence-corrected chi connectivity index (χ0v) is 18.4. The summed E-state index contributed by atoms with van der Waals surface area (Å²) >= 11 is 0. The van der Waals surface area contributed by atoms with Gasteiger partial charge in [-0.1, -0.05) is 48.5 Å². The number of aliphatic carboxylic acids is 1. The Morgan fingerprint density at radius 2 is 1.61 bits per heavy atom. The summed E-state index contributed by atoms with van der Waals surface area (Å²) in [6, 6.07) is 25.6. The van der Waals surface area contributed by atoms with Crippen molar-refractivity contribution in [3.63, 3.8) is 0 Å². The van der Waals surface area contributed by atoms with Gasteiger partial charge in [0.2, 0.25) is 5.91 Å². The smallest absolute Gasteiger partial charge is 0.341 e. The number of nitrogens with one attached hydrogen (secondary N) is 1. The van der Waals surface area contributed by atoms with Gasteiger partial charge in [0.15, 0.2) is 6.61 Å². The van der Waals surface area contributed by atoms with Crippen LogP contribution in [0.15, 0.2) is 78.9 Å². The molecular formula is C27H28N2O4. The molecule has 1 unspecified atom stereocenters. The Kier molecular flexibility index (Phi) is 7.25. The van der Waals surface area contributed by atoms with Crippen molar-refractivity contribution in [2.75, 3.05) is 24.6 Å². The van der Waals surface area contributed by atoms with E-state index in [4.69, 9.17) is 9.84 Å². The van der Waals surface area contributed by atoms with Crippen molar-refractivity contribution in [2.45, 2.75) is 19.3 Å². The van der Waals surface area contributed by atoms with Crippen LogP contribution in [0.1, 0.15) is 17.5 Å². The number of carbonyl (C=O) groups excluding carboxylic acids is 1. The van der Waals surface area contributed by atoms with Crippen molar-refractivity contribution in [2.24, 2.45) is 5.92 Å². The van der Waals surface area contributed by atoms with Crippen molar-refractivity contribution >= 4 is 23.3 Å². The summed E-state index contributed by atoms with van der Waals surface area (Å²) in [6.07, 6.45) is 2.56. The summed E-state index contributed by atoms with van der Waals surface area (Å²) in [5, 5.41) is 12.0. The maximum atomic E-state index is 12.9. The Balaban J connectivity index is 1.36. The fourth-order valence-electron chi connectivity index (χ4n) is 4.30. The molecule has 4 rings (SSSR count). The van der Waals surface area contributed by atoms with Crippen molar-refractivity contribution in [3.05, 3.63) is 90.0 Å². The van der Waals surface area contributed by atoms with Crippen molar-refractivity contribution in [3.8, 4) is 5.75 Å². The van der Waals surface area contributed by atoms with Gasteiger partial charge in [-0.25, -0.2) is 4.79 Å². The molecule has 0 radical (unpaired) electrons. The molecule has 0 saturated carbocycles. The second-order valence-electron chi connectivity index (χ2n) is 8.25. The minimum atomic E-state index is -0.982. The van der Waals surface area contributed by atoms with Gasteiger partial charge in [0.1, 0.15) is 12.3 Å². The van der Waals surface area contributed by atoms with E-state index in [0.717, 1.165) is 36.2 Å². The predicted molar refractivity (Wildman–Crippen MR) is 128 cm³/mol. The Morgan fingerprint density at radius 3 is 2.24 bits per heavy atom. The number of anilines is 2. The normalized spacial score (nSPS) is 14.7. The van der Waals surface area contributed by atoms with Crippen molar-refractivity contribution in [1.29, 1.82) is 0 Å². The molecule has 0 fully saturated rings. The van der Waals surface area contributed by atoms with Crippen LogP contribution in [0, 0.1) is 5.92 Å². The highest BCUT2D eigenvalue weighted by Gasteiger charge is 2.23. The molecule has 1 amide bonds. The van der Waals surface area contributed by atoms with E-state index in [0.29, 0.717) is 18.2 Å². The molecule has 0 bridgehead atoms. The second-order valence-corrected chi connectivity index (χ2v) is 8.25. The maximum Gasteiger partial charge on any atom is 0.341 e. The summed E-state index contributed by atoms with van der Waals surface area (Å²) in [7, 11) is 0. The number of hydrogen-bond donors (Lipinski definition) is 2. The number of nitrogens with zero attached hydrogens (tertiary/aromatic N) is 1. The number of hydrogen-bond acceptors (Lipinski definition) is 4.